The second-order valence-electron chi connectivity index (χ2n) is 6.17. The van der Waals surface area contributed by atoms with Crippen LogP contribution < -0.4 is 4.74 Å². The fourth-order valence-corrected chi connectivity index (χ4v) is 2.68. The molecule has 0 fully saturated rings. The Morgan fingerprint density at radius 3 is 2.33 bits per heavy atom. The third kappa shape index (κ3) is 3.87. The third-order valence-electron chi connectivity index (χ3n) is 4.29. The van der Waals surface area contributed by atoms with Crippen molar-refractivity contribution in [3.05, 3.63) is 89.7 Å². The molecular weight excluding hydrogens is 343 g/mol. The summed E-state index contributed by atoms with van der Waals surface area (Å²) in [4.78, 5) is 4.37. The summed E-state index contributed by atoms with van der Waals surface area (Å²) >= 11 is 0. The van der Waals surface area contributed by atoms with Crippen LogP contribution in [0, 0.1) is 12.7 Å². The minimum atomic E-state index is -0.306. The van der Waals surface area contributed by atoms with E-state index in [2.05, 4.69) is 29.2 Å². The number of aromatic nitrogens is 2. The molecule has 1 heterocycles. The number of ether oxygens (including phenoxy) is 1. The van der Waals surface area contributed by atoms with Crippen LogP contribution in [0.5, 0.6) is 5.75 Å². The molecule has 0 aliphatic rings. The lowest BCUT2D eigenvalue weighted by Crippen LogP contribution is -1.97. The molecule has 0 spiro atoms. The molecule has 27 heavy (non-hydrogen) atoms. The van der Waals surface area contributed by atoms with Crippen molar-refractivity contribution >= 4 is 0 Å². The molecule has 0 amide bonds. The fraction of sp³-hybridized carbons (Fsp3) is 0.0909. The van der Waals surface area contributed by atoms with Crippen molar-refractivity contribution in [1.82, 2.24) is 10.1 Å². The SMILES string of the molecule is Cc1ccccc1COc1ccc(-c2noc(-c3ccc(F)cc3)n2)cc1. The predicted octanol–water partition coefficient (Wildman–Crippen LogP) is 5.43. The first-order valence-corrected chi connectivity index (χ1v) is 8.56. The van der Waals surface area contributed by atoms with Gasteiger partial charge >= 0.3 is 0 Å². The van der Waals surface area contributed by atoms with Crippen molar-refractivity contribution in [2.75, 3.05) is 0 Å². The van der Waals surface area contributed by atoms with E-state index < -0.39 is 0 Å². The van der Waals surface area contributed by atoms with E-state index in [1.165, 1.54) is 17.7 Å². The van der Waals surface area contributed by atoms with Gasteiger partial charge in [0.1, 0.15) is 18.2 Å². The summed E-state index contributed by atoms with van der Waals surface area (Å²) in [7, 11) is 0. The van der Waals surface area contributed by atoms with Crippen LogP contribution in [0.1, 0.15) is 11.1 Å². The van der Waals surface area contributed by atoms with Crippen LogP contribution >= 0.6 is 0 Å². The highest BCUT2D eigenvalue weighted by Gasteiger charge is 2.11. The number of hydrogen-bond acceptors (Lipinski definition) is 4. The zero-order valence-corrected chi connectivity index (χ0v) is 14.7. The first kappa shape index (κ1) is 17.0. The molecule has 0 N–H and O–H groups in total. The minimum Gasteiger partial charge on any atom is -0.489 e. The maximum absolute atomic E-state index is 13.0. The van der Waals surface area contributed by atoms with Crippen LogP contribution in [0.25, 0.3) is 22.8 Å². The Bertz CT molecular complexity index is 1040. The molecule has 0 unspecified atom stereocenters. The lowest BCUT2D eigenvalue weighted by Gasteiger charge is -2.08. The van der Waals surface area contributed by atoms with Gasteiger partial charge in [-0.3, -0.25) is 0 Å². The summed E-state index contributed by atoms with van der Waals surface area (Å²) in [5, 5.41) is 4.00. The summed E-state index contributed by atoms with van der Waals surface area (Å²) in [5.74, 6) is 1.29. The molecule has 134 valence electrons. The van der Waals surface area contributed by atoms with Gasteiger partial charge in [0.2, 0.25) is 5.82 Å². The number of hydrogen-bond donors (Lipinski definition) is 0. The fourth-order valence-electron chi connectivity index (χ4n) is 2.68. The topological polar surface area (TPSA) is 48.2 Å². The first-order chi connectivity index (χ1) is 13.2. The Balaban J connectivity index is 1.46. The zero-order valence-electron chi connectivity index (χ0n) is 14.7. The van der Waals surface area contributed by atoms with E-state index in [0.717, 1.165) is 16.9 Å². The van der Waals surface area contributed by atoms with Crippen molar-refractivity contribution < 1.29 is 13.7 Å². The molecule has 5 heteroatoms. The summed E-state index contributed by atoms with van der Waals surface area (Å²) in [6.45, 7) is 2.58. The molecule has 0 radical (unpaired) electrons. The van der Waals surface area contributed by atoms with Gasteiger partial charge in [-0.15, -0.1) is 0 Å². The number of aryl methyl sites for hydroxylation is 1. The molecule has 0 aliphatic heterocycles. The van der Waals surface area contributed by atoms with Crippen LogP contribution in [-0.4, -0.2) is 10.1 Å². The molecule has 0 saturated carbocycles. The van der Waals surface area contributed by atoms with E-state index in [-0.39, 0.29) is 5.82 Å². The summed E-state index contributed by atoms with van der Waals surface area (Å²) < 4.78 is 24.2. The van der Waals surface area contributed by atoms with Crippen molar-refractivity contribution in [1.29, 1.82) is 0 Å². The number of nitrogens with zero attached hydrogens (tertiary/aromatic N) is 2. The standard InChI is InChI=1S/C22H17FN2O2/c1-15-4-2-3-5-18(15)14-26-20-12-8-16(9-13-20)21-24-22(27-25-21)17-6-10-19(23)11-7-17/h2-13H,14H2,1H3. The summed E-state index contributed by atoms with van der Waals surface area (Å²) in [6.07, 6.45) is 0. The molecular formula is C22H17FN2O2. The Hall–Kier alpha value is -3.47. The van der Waals surface area contributed by atoms with E-state index in [0.29, 0.717) is 23.9 Å². The van der Waals surface area contributed by atoms with Gasteiger partial charge < -0.3 is 9.26 Å². The van der Waals surface area contributed by atoms with E-state index >= 15 is 0 Å². The van der Waals surface area contributed by atoms with Crippen LogP contribution in [0.15, 0.2) is 77.3 Å². The van der Waals surface area contributed by atoms with Gasteiger partial charge in [0.15, 0.2) is 0 Å². The van der Waals surface area contributed by atoms with Crippen molar-refractivity contribution in [2.24, 2.45) is 0 Å². The lowest BCUT2D eigenvalue weighted by molar-refractivity contribution is 0.305. The number of halogens is 1. The largest absolute Gasteiger partial charge is 0.489 e. The predicted molar refractivity (Wildman–Crippen MR) is 101 cm³/mol. The van der Waals surface area contributed by atoms with Gasteiger partial charge in [0.25, 0.3) is 5.89 Å². The maximum Gasteiger partial charge on any atom is 0.258 e. The first-order valence-electron chi connectivity index (χ1n) is 8.56. The highest BCUT2D eigenvalue weighted by Crippen LogP contribution is 2.24. The van der Waals surface area contributed by atoms with E-state index in [4.69, 9.17) is 9.26 Å². The zero-order chi connectivity index (χ0) is 18.6. The van der Waals surface area contributed by atoms with Crippen molar-refractivity contribution in [3.63, 3.8) is 0 Å². The average Bonchev–Trinajstić information content (AvgIpc) is 3.18. The molecule has 0 atom stereocenters. The monoisotopic (exact) mass is 360 g/mol. The molecule has 4 aromatic rings. The maximum atomic E-state index is 13.0. The van der Waals surface area contributed by atoms with E-state index in [9.17, 15) is 4.39 Å². The Labute approximate surface area is 156 Å². The summed E-state index contributed by atoms with van der Waals surface area (Å²) in [5.41, 5.74) is 3.85. The molecule has 1 aromatic heterocycles. The Kier molecular flexibility index (Phi) is 4.66. The Morgan fingerprint density at radius 2 is 1.59 bits per heavy atom. The quantitative estimate of drug-likeness (QED) is 0.476. The number of benzene rings is 3. The van der Waals surface area contributed by atoms with Gasteiger partial charge in [-0.05, 0) is 66.6 Å². The van der Waals surface area contributed by atoms with Gasteiger partial charge in [0.05, 0.1) is 0 Å². The van der Waals surface area contributed by atoms with Crippen molar-refractivity contribution in [3.8, 4) is 28.6 Å². The Morgan fingerprint density at radius 1 is 0.889 bits per heavy atom. The second kappa shape index (κ2) is 7.41. The normalized spacial score (nSPS) is 10.7. The summed E-state index contributed by atoms with van der Waals surface area (Å²) in [6, 6.07) is 21.6. The molecule has 0 aliphatic carbocycles. The molecule has 4 nitrogen and oxygen atoms in total. The minimum absolute atomic E-state index is 0.306. The smallest absolute Gasteiger partial charge is 0.258 e. The van der Waals surface area contributed by atoms with Gasteiger partial charge in [-0.1, -0.05) is 29.4 Å². The molecule has 3 aromatic carbocycles. The van der Waals surface area contributed by atoms with Gasteiger partial charge in [-0.25, -0.2) is 4.39 Å². The molecule has 0 saturated heterocycles. The van der Waals surface area contributed by atoms with Crippen LogP contribution in [-0.2, 0) is 6.61 Å². The van der Waals surface area contributed by atoms with E-state index in [1.54, 1.807) is 12.1 Å². The lowest BCUT2D eigenvalue weighted by atomic mass is 10.1. The van der Waals surface area contributed by atoms with Gasteiger partial charge in [0, 0.05) is 11.1 Å². The van der Waals surface area contributed by atoms with Gasteiger partial charge in [-0.2, -0.15) is 4.98 Å². The molecule has 4 rings (SSSR count). The van der Waals surface area contributed by atoms with Crippen molar-refractivity contribution in [2.45, 2.75) is 13.5 Å². The van der Waals surface area contributed by atoms with E-state index in [1.807, 2.05) is 36.4 Å². The van der Waals surface area contributed by atoms with Crippen LogP contribution in [0.3, 0.4) is 0 Å². The highest BCUT2D eigenvalue weighted by molar-refractivity contribution is 5.60. The third-order valence-corrected chi connectivity index (χ3v) is 4.29. The van der Waals surface area contributed by atoms with Crippen LogP contribution in [0.4, 0.5) is 4.39 Å². The second-order valence-corrected chi connectivity index (χ2v) is 6.17. The number of rotatable bonds is 5. The highest BCUT2D eigenvalue weighted by atomic mass is 19.1. The average molecular weight is 360 g/mol. The van der Waals surface area contributed by atoms with Crippen LogP contribution in [0.2, 0.25) is 0 Å². The molecule has 0 bridgehead atoms.